The SMILES string of the molecule is Cc1ccc(NC(=O)c2cc3ccccc3s2)c(Cl)c1. The molecule has 100 valence electrons. The van der Waals surface area contributed by atoms with Gasteiger partial charge in [0.25, 0.3) is 5.91 Å². The van der Waals surface area contributed by atoms with Gasteiger partial charge in [-0.1, -0.05) is 35.9 Å². The highest BCUT2D eigenvalue weighted by Gasteiger charge is 2.11. The van der Waals surface area contributed by atoms with Crippen LogP contribution in [-0.4, -0.2) is 5.91 Å². The van der Waals surface area contributed by atoms with Gasteiger partial charge < -0.3 is 5.32 Å². The van der Waals surface area contributed by atoms with Gasteiger partial charge in [-0.3, -0.25) is 4.79 Å². The predicted octanol–water partition coefficient (Wildman–Crippen LogP) is 5.12. The van der Waals surface area contributed by atoms with E-state index in [-0.39, 0.29) is 5.91 Å². The molecule has 4 heteroatoms. The van der Waals surface area contributed by atoms with E-state index in [4.69, 9.17) is 11.6 Å². The monoisotopic (exact) mass is 301 g/mol. The zero-order chi connectivity index (χ0) is 14.1. The third kappa shape index (κ3) is 2.55. The van der Waals surface area contributed by atoms with Crippen LogP contribution in [0.4, 0.5) is 5.69 Å². The fourth-order valence-electron chi connectivity index (χ4n) is 2.00. The lowest BCUT2D eigenvalue weighted by molar-refractivity contribution is 0.103. The first-order valence-electron chi connectivity index (χ1n) is 6.19. The van der Waals surface area contributed by atoms with E-state index in [1.165, 1.54) is 11.3 Å². The van der Waals surface area contributed by atoms with E-state index in [2.05, 4.69) is 5.32 Å². The van der Waals surface area contributed by atoms with Crippen molar-refractivity contribution < 1.29 is 4.79 Å². The Morgan fingerprint density at radius 1 is 1.15 bits per heavy atom. The molecule has 0 bridgehead atoms. The first-order valence-corrected chi connectivity index (χ1v) is 7.39. The highest BCUT2D eigenvalue weighted by Crippen LogP contribution is 2.28. The molecule has 0 aliphatic rings. The fraction of sp³-hybridized carbons (Fsp3) is 0.0625. The Bertz CT molecular complexity index is 761. The van der Waals surface area contributed by atoms with Gasteiger partial charge in [0.2, 0.25) is 0 Å². The zero-order valence-electron chi connectivity index (χ0n) is 10.8. The third-order valence-electron chi connectivity index (χ3n) is 3.02. The van der Waals surface area contributed by atoms with Gasteiger partial charge >= 0.3 is 0 Å². The van der Waals surface area contributed by atoms with Gasteiger partial charge in [-0.25, -0.2) is 0 Å². The predicted molar refractivity (Wildman–Crippen MR) is 86.0 cm³/mol. The second-order valence-corrected chi connectivity index (χ2v) is 6.08. The first-order chi connectivity index (χ1) is 9.63. The molecule has 3 aromatic rings. The minimum atomic E-state index is -0.128. The van der Waals surface area contributed by atoms with E-state index >= 15 is 0 Å². The van der Waals surface area contributed by atoms with Gasteiger partial charge in [-0.05, 0) is 42.1 Å². The molecule has 0 aliphatic carbocycles. The number of nitrogens with one attached hydrogen (secondary N) is 1. The molecule has 2 nitrogen and oxygen atoms in total. The molecular formula is C16H12ClNOS. The number of fused-ring (bicyclic) bond motifs is 1. The lowest BCUT2D eigenvalue weighted by Crippen LogP contribution is -2.10. The molecule has 20 heavy (non-hydrogen) atoms. The third-order valence-corrected chi connectivity index (χ3v) is 4.45. The van der Waals surface area contributed by atoms with Crippen LogP contribution in [0.2, 0.25) is 5.02 Å². The van der Waals surface area contributed by atoms with Crippen LogP contribution in [0, 0.1) is 6.92 Å². The highest BCUT2D eigenvalue weighted by atomic mass is 35.5. The van der Waals surface area contributed by atoms with Crippen molar-refractivity contribution in [2.75, 3.05) is 5.32 Å². The van der Waals surface area contributed by atoms with Crippen LogP contribution < -0.4 is 5.32 Å². The van der Waals surface area contributed by atoms with E-state index < -0.39 is 0 Å². The molecule has 0 saturated carbocycles. The Morgan fingerprint density at radius 3 is 2.70 bits per heavy atom. The summed E-state index contributed by atoms with van der Waals surface area (Å²) in [5, 5.41) is 4.49. The Labute approximate surface area is 126 Å². The standard InChI is InChI=1S/C16H12ClNOS/c1-10-6-7-13(12(17)8-10)18-16(19)15-9-11-4-2-3-5-14(11)20-15/h2-9H,1H3,(H,18,19). The van der Waals surface area contributed by atoms with Gasteiger partial charge in [0, 0.05) is 4.70 Å². The number of carbonyl (C=O) groups is 1. The first kappa shape index (κ1) is 13.2. The van der Waals surface area contributed by atoms with Crippen molar-refractivity contribution in [1.82, 2.24) is 0 Å². The second kappa shape index (κ2) is 5.27. The number of thiophene rings is 1. The number of aryl methyl sites for hydroxylation is 1. The van der Waals surface area contributed by atoms with Crippen molar-refractivity contribution in [3.05, 3.63) is 64.0 Å². The molecule has 2 aromatic carbocycles. The van der Waals surface area contributed by atoms with Gasteiger partial charge in [0.1, 0.15) is 0 Å². The Hall–Kier alpha value is -1.84. The van der Waals surface area contributed by atoms with Crippen LogP contribution >= 0.6 is 22.9 Å². The summed E-state index contributed by atoms with van der Waals surface area (Å²) in [7, 11) is 0. The molecule has 0 saturated heterocycles. The Morgan fingerprint density at radius 2 is 1.95 bits per heavy atom. The van der Waals surface area contributed by atoms with E-state index in [0.29, 0.717) is 15.6 Å². The molecule has 3 rings (SSSR count). The number of hydrogen-bond donors (Lipinski definition) is 1. The number of anilines is 1. The summed E-state index contributed by atoms with van der Waals surface area (Å²) in [6, 6.07) is 15.4. The summed E-state index contributed by atoms with van der Waals surface area (Å²) in [5.74, 6) is -0.128. The van der Waals surface area contributed by atoms with Crippen molar-refractivity contribution >= 4 is 44.6 Å². The summed E-state index contributed by atoms with van der Waals surface area (Å²) >= 11 is 7.61. The quantitative estimate of drug-likeness (QED) is 0.699. The van der Waals surface area contributed by atoms with Crippen LogP contribution in [0.25, 0.3) is 10.1 Å². The largest absolute Gasteiger partial charge is 0.320 e. The molecule has 0 radical (unpaired) electrons. The number of hydrogen-bond acceptors (Lipinski definition) is 2. The minimum Gasteiger partial charge on any atom is -0.320 e. The summed E-state index contributed by atoms with van der Waals surface area (Å²) in [5.41, 5.74) is 1.70. The molecule has 1 aromatic heterocycles. The summed E-state index contributed by atoms with van der Waals surface area (Å²) < 4.78 is 1.10. The summed E-state index contributed by atoms with van der Waals surface area (Å²) in [6.45, 7) is 1.96. The van der Waals surface area contributed by atoms with Crippen LogP contribution in [0.15, 0.2) is 48.5 Å². The second-order valence-electron chi connectivity index (χ2n) is 4.59. The van der Waals surface area contributed by atoms with Gasteiger partial charge in [-0.2, -0.15) is 0 Å². The van der Waals surface area contributed by atoms with Crippen molar-refractivity contribution in [3.8, 4) is 0 Å². The van der Waals surface area contributed by atoms with Crippen LogP contribution in [0.1, 0.15) is 15.2 Å². The molecular weight excluding hydrogens is 290 g/mol. The maximum atomic E-state index is 12.3. The number of carbonyl (C=O) groups excluding carboxylic acids is 1. The summed E-state index contributed by atoms with van der Waals surface area (Å²) in [6.07, 6.45) is 0. The van der Waals surface area contributed by atoms with Crippen LogP contribution in [0.3, 0.4) is 0 Å². The molecule has 0 spiro atoms. The topological polar surface area (TPSA) is 29.1 Å². The Balaban J connectivity index is 1.89. The lowest BCUT2D eigenvalue weighted by atomic mass is 10.2. The van der Waals surface area contributed by atoms with Crippen molar-refractivity contribution in [2.45, 2.75) is 6.92 Å². The normalized spacial score (nSPS) is 10.7. The van der Waals surface area contributed by atoms with Crippen molar-refractivity contribution in [3.63, 3.8) is 0 Å². The smallest absolute Gasteiger partial charge is 0.265 e. The molecule has 1 N–H and O–H groups in total. The molecule has 1 heterocycles. The number of halogens is 1. The number of benzene rings is 2. The number of amides is 1. The molecule has 0 atom stereocenters. The van der Waals surface area contributed by atoms with E-state index in [1.807, 2.05) is 55.5 Å². The van der Waals surface area contributed by atoms with E-state index in [9.17, 15) is 4.79 Å². The van der Waals surface area contributed by atoms with Crippen LogP contribution in [0.5, 0.6) is 0 Å². The fourth-order valence-corrected chi connectivity index (χ4v) is 3.24. The molecule has 1 amide bonds. The van der Waals surface area contributed by atoms with Gasteiger partial charge in [0.05, 0.1) is 15.6 Å². The van der Waals surface area contributed by atoms with Crippen molar-refractivity contribution in [1.29, 1.82) is 0 Å². The van der Waals surface area contributed by atoms with Gasteiger partial charge in [0.15, 0.2) is 0 Å². The maximum Gasteiger partial charge on any atom is 0.265 e. The maximum absolute atomic E-state index is 12.3. The molecule has 0 aliphatic heterocycles. The Kier molecular flexibility index (Phi) is 3.47. The number of rotatable bonds is 2. The summed E-state index contributed by atoms with van der Waals surface area (Å²) in [4.78, 5) is 12.9. The van der Waals surface area contributed by atoms with Crippen LogP contribution in [-0.2, 0) is 0 Å². The van der Waals surface area contributed by atoms with E-state index in [1.54, 1.807) is 0 Å². The minimum absolute atomic E-state index is 0.128. The molecule has 0 fully saturated rings. The zero-order valence-corrected chi connectivity index (χ0v) is 12.4. The van der Waals surface area contributed by atoms with Gasteiger partial charge in [-0.15, -0.1) is 11.3 Å². The highest BCUT2D eigenvalue weighted by molar-refractivity contribution is 7.20. The lowest BCUT2D eigenvalue weighted by Gasteiger charge is -2.06. The van der Waals surface area contributed by atoms with Crippen molar-refractivity contribution in [2.24, 2.45) is 0 Å². The average molecular weight is 302 g/mol. The average Bonchev–Trinajstić information content (AvgIpc) is 2.86. The van der Waals surface area contributed by atoms with E-state index in [0.717, 1.165) is 15.6 Å². The molecule has 0 unspecified atom stereocenters.